The van der Waals surface area contributed by atoms with E-state index in [-0.39, 0.29) is 27.4 Å². The molecule has 0 aliphatic heterocycles. The van der Waals surface area contributed by atoms with Crippen molar-refractivity contribution in [2.24, 2.45) is 14.1 Å². The lowest BCUT2D eigenvalue weighted by atomic mass is 10.0. The molecule has 0 spiro atoms. The minimum atomic E-state index is -0.616. The number of aryl methyl sites for hydroxylation is 2. The first-order valence-corrected chi connectivity index (χ1v) is 7.01. The first-order chi connectivity index (χ1) is 11.3. The number of hydrogen-bond acceptors (Lipinski definition) is 7. The van der Waals surface area contributed by atoms with E-state index in [1.807, 2.05) is 0 Å². The van der Waals surface area contributed by atoms with Gasteiger partial charge in [0.15, 0.2) is 5.16 Å². The third-order valence-corrected chi connectivity index (χ3v) is 4.01. The van der Waals surface area contributed by atoms with Gasteiger partial charge in [-0.25, -0.2) is 0 Å². The fourth-order valence-electron chi connectivity index (χ4n) is 2.30. The zero-order chi connectivity index (χ0) is 17.6. The number of nitrogens with zero attached hydrogens (tertiary/aromatic N) is 6. The van der Waals surface area contributed by atoms with Crippen molar-refractivity contribution in [2.75, 3.05) is 0 Å². The Hall–Kier alpha value is -3.30. The van der Waals surface area contributed by atoms with Gasteiger partial charge in [0.2, 0.25) is 11.6 Å². The summed E-state index contributed by atoms with van der Waals surface area (Å²) in [6.45, 7) is 3.41. The van der Waals surface area contributed by atoms with Crippen LogP contribution in [0.15, 0.2) is 17.0 Å². The van der Waals surface area contributed by atoms with Crippen LogP contribution in [0.3, 0.4) is 0 Å². The van der Waals surface area contributed by atoms with Crippen molar-refractivity contribution in [1.29, 1.82) is 0 Å². The summed E-state index contributed by atoms with van der Waals surface area (Å²) in [4.78, 5) is 25.6. The minimum absolute atomic E-state index is 0.188. The van der Waals surface area contributed by atoms with E-state index in [0.29, 0.717) is 11.4 Å². The molecule has 3 aromatic heterocycles. The third-order valence-electron chi connectivity index (χ3n) is 4.01. The van der Waals surface area contributed by atoms with Crippen LogP contribution in [-0.2, 0) is 14.1 Å². The van der Waals surface area contributed by atoms with Crippen LogP contribution in [0.1, 0.15) is 43.5 Å². The molecule has 0 saturated carbocycles. The zero-order valence-electron chi connectivity index (χ0n) is 13.5. The number of carbonyl (C=O) groups excluding carboxylic acids is 2. The van der Waals surface area contributed by atoms with Gasteiger partial charge in [-0.1, -0.05) is 0 Å². The van der Waals surface area contributed by atoms with Crippen molar-refractivity contribution >= 4 is 11.6 Å². The standard InChI is InChI=1S/C14H15N6O4/c1-7-9(5-15-18(7)3)13(21)11-12(20(23)24-17-11)14(22)10-6-16-19(4)8(10)2/h5-6,23H,1-4H3/q+1. The predicted octanol–water partition coefficient (Wildman–Crippen LogP) is -0.255. The number of hydrogen-bond donors (Lipinski definition) is 1. The van der Waals surface area contributed by atoms with Crippen molar-refractivity contribution in [3.63, 3.8) is 0 Å². The Kier molecular flexibility index (Phi) is 3.51. The first-order valence-electron chi connectivity index (χ1n) is 7.01. The van der Waals surface area contributed by atoms with Crippen molar-refractivity contribution < 1.29 is 24.3 Å². The van der Waals surface area contributed by atoms with Gasteiger partial charge in [0, 0.05) is 25.5 Å². The van der Waals surface area contributed by atoms with E-state index in [9.17, 15) is 14.8 Å². The summed E-state index contributed by atoms with van der Waals surface area (Å²) in [7, 11) is 3.37. The highest BCUT2D eigenvalue weighted by atomic mass is 16.8. The Balaban J connectivity index is 2.10. The molecule has 0 radical (unpaired) electrons. The Morgan fingerprint density at radius 1 is 1.04 bits per heavy atom. The van der Waals surface area contributed by atoms with Gasteiger partial charge in [0.25, 0.3) is 0 Å². The predicted molar refractivity (Wildman–Crippen MR) is 76.6 cm³/mol. The number of ketones is 2. The molecule has 124 valence electrons. The lowest BCUT2D eigenvalue weighted by molar-refractivity contribution is -1.04. The number of aromatic nitrogens is 6. The Bertz CT molecular complexity index is 964. The maximum atomic E-state index is 12.7. The average molecular weight is 331 g/mol. The van der Waals surface area contributed by atoms with E-state index in [4.69, 9.17) is 0 Å². The first kappa shape index (κ1) is 15.6. The summed E-state index contributed by atoms with van der Waals surface area (Å²) in [5.41, 5.74) is 1.03. The van der Waals surface area contributed by atoms with Crippen LogP contribution in [0.4, 0.5) is 0 Å². The monoisotopic (exact) mass is 331 g/mol. The van der Waals surface area contributed by atoms with Crippen LogP contribution >= 0.6 is 0 Å². The van der Waals surface area contributed by atoms with Crippen LogP contribution in [0.5, 0.6) is 0 Å². The molecule has 0 fully saturated rings. The second kappa shape index (κ2) is 5.41. The molecular formula is C14H15N6O4+. The van der Waals surface area contributed by atoms with Crippen molar-refractivity contribution in [1.82, 2.24) is 24.7 Å². The van der Waals surface area contributed by atoms with E-state index >= 15 is 0 Å². The second-order valence-corrected chi connectivity index (χ2v) is 5.34. The lowest BCUT2D eigenvalue weighted by Gasteiger charge is -1.97. The van der Waals surface area contributed by atoms with E-state index in [1.54, 1.807) is 27.9 Å². The van der Waals surface area contributed by atoms with Crippen LogP contribution in [0.25, 0.3) is 0 Å². The SMILES string of the molecule is Cc1c(C(=O)c2no[n+](O)c2C(=O)c2cnn(C)c2C)cnn1C. The average Bonchev–Trinajstić information content (AvgIpc) is 3.19. The van der Waals surface area contributed by atoms with Gasteiger partial charge in [0.1, 0.15) is 4.90 Å². The highest BCUT2D eigenvalue weighted by molar-refractivity contribution is 6.17. The molecule has 3 rings (SSSR count). The summed E-state index contributed by atoms with van der Waals surface area (Å²) < 4.78 is 7.63. The molecule has 0 saturated heterocycles. The number of carbonyl (C=O) groups is 2. The fraction of sp³-hybridized carbons (Fsp3) is 0.286. The molecule has 0 atom stereocenters. The molecular weight excluding hydrogens is 316 g/mol. The second-order valence-electron chi connectivity index (χ2n) is 5.34. The normalized spacial score (nSPS) is 11.0. The Morgan fingerprint density at radius 2 is 1.54 bits per heavy atom. The molecule has 0 aromatic carbocycles. The molecule has 10 nitrogen and oxygen atoms in total. The molecule has 10 heteroatoms. The maximum Gasteiger partial charge on any atom is 0.330 e. The summed E-state index contributed by atoms with van der Waals surface area (Å²) in [5.74, 6) is -1.18. The quantitative estimate of drug-likeness (QED) is 0.517. The molecule has 3 heterocycles. The molecule has 0 aliphatic carbocycles. The maximum absolute atomic E-state index is 12.7. The molecule has 0 aliphatic rings. The summed E-state index contributed by atoms with van der Waals surface area (Å²) in [6, 6.07) is 0. The molecule has 1 N–H and O–H groups in total. The zero-order valence-corrected chi connectivity index (χ0v) is 13.5. The lowest BCUT2D eigenvalue weighted by Crippen LogP contribution is -2.36. The molecule has 0 unspecified atom stereocenters. The van der Waals surface area contributed by atoms with Gasteiger partial charge < -0.3 is 5.21 Å². The van der Waals surface area contributed by atoms with Gasteiger partial charge in [-0.15, -0.1) is 0 Å². The Labute approximate surface area is 135 Å². The van der Waals surface area contributed by atoms with Crippen LogP contribution < -0.4 is 4.90 Å². The van der Waals surface area contributed by atoms with E-state index in [2.05, 4.69) is 20.0 Å². The van der Waals surface area contributed by atoms with E-state index < -0.39 is 11.6 Å². The topological polar surface area (TPSA) is 120 Å². The summed E-state index contributed by atoms with van der Waals surface area (Å²) in [6.07, 6.45) is 2.73. The molecule has 0 amide bonds. The van der Waals surface area contributed by atoms with Gasteiger partial charge in [-0.3, -0.25) is 19.0 Å². The van der Waals surface area contributed by atoms with Crippen molar-refractivity contribution in [3.05, 3.63) is 46.3 Å². The Morgan fingerprint density at radius 3 is 2.00 bits per heavy atom. The molecule has 0 bridgehead atoms. The van der Waals surface area contributed by atoms with Gasteiger partial charge >= 0.3 is 11.4 Å². The van der Waals surface area contributed by atoms with Crippen LogP contribution in [0.2, 0.25) is 0 Å². The minimum Gasteiger partial charge on any atom is -0.316 e. The number of rotatable bonds is 4. The summed E-state index contributed by atoms with van der Waals surface area (Å²) in [5, 5.41) is 21.3. The molecule has 24 heavy (non-hydrogen) atoms. The van der Waals surface area contributed by atoms with Gasteiger partial charge in [-0.2, -0.15) is 10.2 Å². The smallest absolute Gasteiger partial charge is 0.316 e. The summed E-state index contributed by atoms with van der Waals surface area (Å²) >= 11 is 0. The van der Waals surface area contributed by atoms with Crippen LogP contribution in [0, 0.1) is 13.8 Å². The third kappa shape index (κ3) is 2.19. The van der Waals surface area contributed by atoms with Gasteiger partial charge in [0.05, 0.1) is 23.5 Å². The highest BCUT2D eigenvalue weighted by Gasteiger charge is 2.39. The largest absolute Gasteiger partial charge is 0.330 e. The van der Waals surface area contributed by atoms with Crippen LogP contribution in [-0.4, -0.2) is 41.5 Å². The van der Waals surface area contributed by atoms with E-state index in [1.165, 1.54) is 21.8 Å². The van der Waals surface area contributed by atoms with Crippen molar-refractivity contribution in [3.8, 4) is 0 Å². The highest BCUT2D eigenvalue weighted by Crippen LogP contribution is 2.17. The van der Waals surface area contributed by atoms with Crippen molar-refractivity contribution in [2.45, 2.75) is 13.8 Å². The van der Waals surface area contributed by atoms with E-state index in [0.717, 1.165) is 0 Å². The molecule has 3 aromatic rings. The van der Waals surface area contributed by atoms with Gasteiger partial charge in [-0.05, 0) is 18.5 Å². The fourth-order valence-corrected chi connectivity index (χ4v) is 2.30.